The Morgan fingerprint density at radius 1 is 1.04 bits per heavy atom. The van der Waals surface area contributed by atoms with E-state index in [1.165, 1.54) is 0 Å². The topological polar surface area (TPSA) is 107 Å². The molecule has 2 aromatic carbocycles. The van der Waals surface area contributed by atoms with Crippen LogP contribution in [0.25, 0.3) is 32.9 Å². The Hall–Kier alpha value is -3.87. The van der Waals surface area contributed by atoms with Crippen molar-refractivity contribution in [2.45, 2.75) is 84.1 Å². The third-order valence-corrected chi connectivity index (χ3v) is 11.1. The van der Waals surface area contributed by atoms with Crippen LogP contribution < -0.4 is 14.4 Å². The normalized spacial score (nSPS) is 21.4. The number of amides is 1. The van der Waals surface area contributed by atoms with Crippen molar-refractivity contribution in [1.82, 2.24) is 29.5 Å². The lowest BCUT2D eigenvalue weighted by atomic mass is 9.92. The summed E-state index contributed by atoms with van der Waals surface area (Å²) in [6.07, 6.45) is 7.59. The van der Waals surface area contributed by atoms with Crippen LogP contribution in [0.5, 0.6) is 11.8 Å². The van der Waals surface area contributed by atoms with Crippen LogP contribution in [0.2, 0.25) is 5.02 Å². The molecule has 51 heavy (non-hydrogen) atoms. The van der Waals surface area contributed by atoms with Crippen molar-refractivity contribution in [2.24, 2.45) is 0 Å². The van der Waals surface area contributed by atoms with E-state index in [9.17, 15) is 4.79 Å². The zero-order valence-corrected chi connectivity index (χ0v) is 31.1. The lowest BCUT2D eigenvalue weighted by Gasteiger charge is -2.36. The van der Waals surface area contributed by atoms with Gasteiger partial charge in [-0.2, -0.15) is 15.1 Å². The number of ether oxygens (including phenoxy) is 4. The summed E-state index contributed by atoms with van der Waals surface area (Å²) >= 11 is 7.23. The van der Waals surface area contributed by atoms with Crippen LogP contribution >= 0.6 is 11.6 Å². The zero-order valence-electron chi connectivity index (χ0n) is 30.3. The van der Waals surface area contributed by atoms with Crippen LogP contribution in [0.3, 0.4) is 0 Å². The fraction of sp³-hybridized carbons (Fsp3) is 0.579. The molecular formula is C38H48ClN7O5. The number of hydrogen-bond donors (Lipinski definition) is 0. The lowest BCUT2D eigenvalue weighted by molar-refractivity contribution is -0.0366. The number of nitrogens with zero attached hydrogens (tertiary/aromatic N) is 7. The van der Waals surface area contributed by atoms with Gasteiger partial charge in [0.25, 0.3) is 0 Å². The van der Waals surface area contributed by atoms with E-state index in [2.05, 4.69) is 29.0 Å². The second-order valence-electron chi connectivity index (χ2n) is 15.3. The first kappa shape index (κ1) is 34.2. The number of aromatic nitrogens is 4. The minimum absolute atomic E-state index is 0.0972. The van der Waals surface area contributed by atoms with Gasteiger partial charge in [-0.1, -0.05) is 11.6 Å². The first-order valence-electron chi connectivity index (χ1n) is 18.4. The first-order chi connectivity index (χ1) is 24.6. The molecule has 0 saturated carbocycles. The van der Waals surface area contributed by atoms with Crippen molar-refractivity contribution in [1.29, 1.82) is 0 Å². The van der Waals surface area contributed by atoms with Crippen LogP contribution in [-0.2, 0) is 15.9 Å². The van der Waals surface area contributed by atoms with Crippen LogP contribution in [-0.4, -0.2) is 107 Å². The number of hydrogen-bond acceptors (Lipinski definition) is 10. The third kappa shape index (κ3) is 6.55. The van der Waals surface area contributed by atoms with Gasteiger partial charge in [0.15, 0.2) is 6.23 Å². The van der Waals surface area contributed by atoms with Gasteiger partial charge < -0.3 is 33.6 Å². The van der Waals surface area contributed by atoms with Crippen LogP contribution in [0.1, 0.15) is 70.2 Å². The maximum Gasteiger partial charge on any atom is 0.410 e. The molecule has 8 rings (SSSR count). The maximum atomic E-state index is 12.9. The molecule has 12 nitrogen and oxygen atoms in total. The average molecular weight is 718 g/mol. The molecule has 4 aromatic rings. The number of benzene rings is 2. The minimum Gasteiger partial charge on any atom is -0.492 e. The standard InChI is InChI=1S/C38H48ClN7O5/c1-23-19-29-27(21-40-46(29)30-10-6-7-17-48-30)31(33(23)39)26-20-28-32(34-25(26)11-18-49-34)35(42-36(41-28)50-22-24-9-8-12-43(24)5)44-13-15-45(16-14-44)37(47)51-38(2,3)4/h19-21,24,30H,6-18,22H2,1-5H3. The zero-order chi connectivity index (χ0) is 35.4. The van der Waals surface area contributed by atoms with E-state index in [0.717, 1.165) is 107 Å². The van der Waals surface area contributed by atoms with Gasteiger partial charge >= 0.3 is 12.1 Å². The molecule has 2 aromatic heterocycles. The molecule has 0 radical (unpaired) electrons. The summed E-state index contributed by atoms with van der Waals surface area (Å²) in [6, 6.07) is 4.90. The highest BCUT2D eigenvalue weighted by Gasteiger charge is 2.33. The van der Waals surface area contributed by atoms with Gasteiger partial charge in [0.1, 0.15) is 23.8 Å². The lowest BCUT2D eigenvalue weighted by Crippen LogP contribution is -2.50. The molecule has 13 heteroatoms. The highest BCUT2D eigenvalue weighted by molar-refractivity contribution is 6.36. The van der Waals surface area contributed by atoms with Gasteiger partial charge in [-0.25, -0.2) is 9.48 Å². The van der Waals surface area contributed by atoms with Gasteiger partial charge in [0.2, 0.25) is 0 Å². The quantitative estimate of drug-likeness (QED) is 0.212. The molecule has 3 saturated heterocycles. The van der Waals surface area contributed by atoms with E-state index >= 15 is 0 Å². The fourth-order valence-corrected chi connectivity index (χ4v) is 8.19. The Morgan fingerprint density at radius 3 is 2.59 bits per heavy atom. The molecule has 2 atom stereocenters. The number of rotatable bonds is 6. The summed E-state index contributed by atoms with van der Waals surface area (Å²) in [5.74, 6) is 1.54. The molecular weight excluding hydrogens is 670 g/mol. The van der Waals surface area contributed by atoms with Crippen LogP contribution in [0.4, 0.5) is 10.6 Å². The molecule has 272 valence electrons. The summed E-state index contributed by atoms with van der Waals surface area (Å²) in [5.41, 5.74) is 5.14. The maximum absolute atomic E-state index is 12.9. The minimum atomic E-state index is -0.555. The second-order valence-corrected chi connectivity index (χ2v) is 15.7. The van der Waals surface area contributed by atoms with E-state index in [-0.39, 0.29) is 12.3 Å². The molecule has 0 bridgehead atoms. The number of carbonyl (C=O) groups is 1. The largest absolute Gasteiger partial charge is 0.492 e. The second kappa shape index (κ2) is 13.6. The van der Waals surface area contributed by atoms with Crippen molar-refractivity contribution in [3.05, 3.63) is 34.5 Å². The number of aryl methyl sites for hydroxylation is 1. The van der Waals surface area contributed by atoms with E-state index in [0.29, 0.717) is 56.5 Å². The molecule has 4 aliphatic rings. The van der Waals surface area contributed by atoms with E-state index in [1.54, 1.807) is 4.90 Å². The van der Waals surface area contributed by atoms with Crippen molar-refractivity contribution in [3.8, 4) is 22.9 Å². The smallest absolute Gasteiger partial charge is 0.410 e. The Labute approximate surface area is 303 Å². The summed E-state index contributed by atoms with van der Waals surface area (Å²) in [5, 5.41) is 7.36. The molecule has 0 aliphatic carbocycles. The van der Waals surface area contributed by atoms with E-state index in [4.69, 9.17) is 45.6 Å². The molecule has 1 amide bonds. The Balaban J connectivity index is 1.23. The highest BCUT2D eigenvalue weighted by atomic mass is 35.5. The fourth-order valence-electron chi connectivity index (χ4n) is 7.93. The number of halogens is 1. The van der Waals surface area contributed by atoms with Gasteiger partial charge in [-0.05, 0) is 96.7 Å². The molecule has 6 heterocycles. The van der Waals surface area contributed by atoms with Crippen molar-refractivity contribution >= 4 is 45.3 Å². The van der Waals surface area contributed by atoms with E-state index in [1.807, 2.05) is 38.6 Å². The van der Waals surface area contributed by atoms with Crippen LogP contribution in [0, 0.1) is 6.92 Å². The third-order valence-electron chi connectivity index (χ3n) is 10.6. The number of anilines is 1. The molecule has 3 fully saturated rings. The van der Waals surface area contributed by atoms with Crippen molar-refractivity contribution in [2.75, 3.05) is 64.5 Å². The van der Waals surface area contributed by atoms with Crippen molar-refractivity contribution < 1.29 is 23.7 Å². The Bertz CT molecular complexity index is 1960. The number of carbonyl (C=O) groups excluding carboxylic acids is 1. The first-order valence-corrected chi connectivity index (χ1v) is 18.8. The molecule has 2 unspecified atom stereocenters. The number of likely N-dealkylation sites (N-methyl/N-ethyl adjacent to an activating group) is 1. The van der Waals surface area contributed by atoms with Gasteiger partial charge in [0.05, 0.1) is 34.2 Å². The summed E-state index contributed by atoms with van der Waals surface area (Å²) in [7, 11) is 2.14. The Morgan fingerprint density at radius 2 is 1.86 bits per heavy atom. The summed E-state index contributed by atoms with van der Waals surface area (Å²) < 4.78 is 26.7. The predicted molar refractivity (Wildman–Crippen MR) is 197 cm³/mol. The summed E-state index contributed by atoms with van der Waals surface area (Å²) in [4.78, 5) is 29.3. The predicted octanol–water partition coefficient (Wildman–Crippen LogP) is 6.77. The Kier molecular flexibility index (Phi) is 9.12. The van der Waals surface area contributed by atoms with E-state index < -0.39 is 5.60 Å². The number of likely N-dealkylation sites (tertiary alicyclic amines) is 1. The molecule has 0 N–H and O–H groups in total. The average Bonchev–Trinajstić information content (AvgIpc) is 3.87. The van der Waals surface area contributed by atoms with Gasteiger partial charge in [-0.15, -0.1) is 0 Å². The summed E-state index contributed by atoms with van der Waals surface area (Å²) in [6.45, 7) is 12.7. The number of piperazine rings is 1. The molecule has 4 aliphatic heterocycles. The SMILES string of the molecule is Cc1cc2c(cnn2C2CCCCO2)c(-c2cc3nc(OCC4CCCN4C)nc(N4CCN(C(=O)OC(C)(C)C)CC4)c3c3c2CCO3)c1Cl. The van der Waals surface area contributed by atoms with Gasteiger partial charge in [-0.3, -0.25) is 0 Å². The number of fused-ring (bicyclic) bond motifs is 4. The van der Waals surface area contributed by atoms with Gasteiger partial charge in [0, 0.05) is 61.8 Å². The van der Waals surface area contributed by atoms with Crippen LogP contribution in [0.15, 0.2) is 18.3 Å². The van der Waals surface area contributed by atoms with Crippen molar-refractivity contribution in [3.63, 3.8) is 0 Å². The molecule has 0 spiro atoms. The monoisotopic (exact) mass is 717 g/mol. The highest BCUT2D eigenvalue weighted by Crippen LogP contribution is 2.48.